The molecule has 2 bridgehead atoms. The molecule has 4 nitrogen and oxygen atoms in total. The van der Waals surface area contributed by atoms with Gasteiger partial charge in [-0.3, -0.25) is 4.79 Å². The molecule has 1 saturated heterocycles. The largest absolute Gasteiger partial charge is 0.459 e. The second-order valence-corrected chi connectivity index (χ2v) is 10.0. The molecule has 1 aliphatic heterocycles. The van der Waals surface area contributed by atoms with Crippen LogP contribution in [0.1, 0.15) is 72.1 Å². The van der Waals surface area contributed by atoms with Crippen molar-refractivity contribution in [1.82, 2.24) is 0 Å². The number of hydrogen-bond donors (Lipinski definition) is 2. The first-order valence-electron chi connectivity index (χ1n) is 9.68. The van der Waals surface area contributed by atoms with E-state index in [9.17, 15) is 15.0 Å². The van der Waals surface area contributed by atoms with Crippen molar-refractivity contribution in [3.8, 4) is 0 Å². The van der Waals surface area contributed by atoms with Crippen molar-refractivity contribution in [2.45, 2.75) is 83.8 Å². The molecular formula is C20H32O4. The van der Waals surface area contributed by atoms with Crippen molar-refractivity contribution in [3.63, 3.8) is 0 Å². The fraction of sp³-hybridized carbons (Fsp3) is 0.950. The van der Waals surface area contributed by atoms with Gasteiger partial charge >= 0.3 is 5.97 Å². The highest BCUT2D eigenvalue weighted by molar-refractivity contribution is 5.72. The molecule has 1 spiro atoms. The van der Waals surface area contributed by atoms with Gasteiger partial charge in [0.15, 0.2) is 0 Å². The molecule has 0 unspecified atom stereocenters. The maximum atomic E-state index is 12.3. The Morgan fingerprint density at radius 1 is 1.08 bits per heavy atom. The minimum atomic E-state index is -0.417. The molecule has 1 heterocycles. The highest BCUT2D eigenvalue weighted by Crippen LogP contribution is 2.70. The summed E-state index contributed by atoms with van der Waals surface area (Å²) in [4.78, 5) is 12.3. The van der Waals surface area contributed by atoms with E-state index >= 15 is 0 Å². The molecule has 0 aromatic rings. The zero-order valence-electron chi connectivity index (χ0n) is 15.3. The van der Waals surface area contributed by atoms with Crippen LogP contribution < -0.4 is 0 Å². The normalized spacial score (nSPS) is 56.9. The number of ether oxygens (including phenoxy) is 1. The number of aliphatic hydroxyl groups is 2. The third-order valence-electron chi connectivity index (χ3n) is 8.66. The summed E-state index contributed by atoms with van der Waals surface area (Å²) >= 11 is 0. The molecular weight excluding hydrogens is 304 g/mol. The summed E-state index contributed by atoms with van der Waals surface area (Å²) in [5, 5.41) is 20.7. The fourth-order valence-corrected chi connectivity index (χ4v) is 7.62. The van der Waals surface area contributed by atoms with Gasteiger partial charge in [-0.25, -0.2) is 0 Å². The molecule has 2 N–H and O–H groups in total. The average Bonchev–Trinajstić information content (AvgIpc) is 2.49. The van der Waals surface area contributed by atoms with Crippen molar-refractivity contribution in [3.05, 3.63) is 0 Å². The second kappa shape index (κ2) is 4.97. The summed E-state index contributed by atoms with van der Waals surface area (Å²) in [5.74, 6) is 0.816. The zero-order valence-corrected chi connectivity index (χ0v) is 15.3. The molecule has 3 saturated carbocycles. The molecule has 24 heavy (non-hydrogen) atoms. The maximum Gasteiger partial charge on any atom is 0.306 e. The van der Waals surface area contributed by atoms with Gasteiger partial charge in [0.05, 0.1) is 19.1 Å². The van der Waals surface area contributed by atoms with Gasteiger partial charge in [-0.05, 0) is 74.5 Å². The van der Waals surface area contributed by atoms with Crippen LogP contribution in [-0.4, -0.2) is 34.5 Å². The summed E-state index contributed by atoms with van der Waals surface area (Å²) in [6, 6.07) is 0. The zero-order chi connectivity index (χ0) is 17.4. The van der Waals surface area contributed by atoms with E-state index < -0.39 is 11.5 Å². The Balaban J connectivity index is 1.74. The SMILES string of the molecule is C[C@@]12CC[C@@H]3[C@@](CC[C@@H]4[C@](C)(CO)[C@H](O)CC[C@]43C)(CC(=O)O1)C2. The van der Waals surface area contributed by atoms with Gasteiger partial charge < -0.3 is 14.9 Å². The standard InChI is InChI=1S/C20H32O4/c1-17-7-4-14-18(2)8-6-15(22)19(3,12-21)13(18)5-9-20(14,11-17)10-16(23)24-17/h13-15,21-22H,4-12H2,1-3H3/t13-,14-,15+,17-,18+,19-,20-/m0/s1. The van der Waals surface area contributed by atoms with Gasteiger partial charge in [0.2, 0.25) is 0 Å². The molecule has 4 heteroatoms. The van der Waals surface area contributed by atoms with E-state index in [0.29, 0.717) is 18.3 Å². The number of carbonyl (C=O) groups is 1. The first kappa shape index (κ1) is 16.8. The monoisotopic (exact) mass is 336 g/mol. The smallest absolute Gasteiger partial charge is 0.306 e. The van der Waals surface area contributed by atoms with Crippen LogP contribution in [0.25, 0.3) is 0 Å². The molecule has 0 aromatic heterocycles. The summed E-state index contributed by atoms with van der Waals surface area (Å²) in [5.41, 5.74) is -0.506. The van der Waals surface area contributed by atoms with Crippen molar-refractivity contribution < 1.29 is 19.7 Å². The lowest BCUT2D eigenvalue weighted by Gasteiger charge is -2.68. The van der Waals surface area contributed by atoms with Gasteiger partial charge in [-0.2, -0.15) is 0 Å². The fourth-order valence-electron chi connectivity index (χ4n) is 7.62. The van der Waals surface area contributed by atoms with Crippen LogP contribution in [0, 0.1) is 28.1 Å². The lowest BCUT2D eigenvalue weighted by molar-refractivity contribution is -0.242. The van der Waals surface area contributed by atoms with E-state index in [1.807, 2.05) is 0 Å². The van der Waals surface area contributed by atoms with E-state index in [1.54, 1.807) is 0 Å². The molecule has 4 aliphatic rings. The molecule has 0 radical (unpaired) electrons. The lowest BCUT2D eigenvalue weighted by atomic mass is 9.38. The first-order valence-corrected chi connectivity index (χ1v) is 9.68. The van der Waals surface area contributed by atoms with Gasteiger partial charge in [0, 0.05) is 5.41 Å². The van der Waals surface area contributed by atoms with Crippen molar-refractivity contribution in [1.29, 1.82) is 0 Å². The number of aliphatic hydroxyl groups excluding tert-OH is 2. The minimum absolute atomic E-state index is 0.0173. The molecule has 0 aromatic carbocycles. The Bertz CT molecular complexity index is 562. The Labute approximate surface area is 145 Å². The van der Waals surface area contributed by atoms with E-state index in [2.05, 4.69) is 20.8 Å². The maximum absolute atomic E-state index is 12.3. The summed E-state index contributed by atoms with van der Waals surface area (Å²) in [6.07, 6.45) is 7.01. The number of carbonyl (C=O) groups excluding carboxylic acids is 1. The topological polar surface area (TPSA) is 66.8 Å². The van der Waals surface area contributed by atoms with E-state index in [4.69, 9.17) is 4.74 Å². The van der Waals surface area contributed by atoms with Crippen LogP contribution in [0.3, 0.4) is 0 Å². The first-order chi connectivity index (χ1) is 11.2. The van der Waals surface area contributed by atoms with Crippen LogP contribution in [-0.2, 0) is 9.53 Å². The van der Waals surface area contributed by atoms with Gasteiger partial charge in [-0.1, -0.05) is 13.8 Å². The summed E-state index contributed by atoms with van der Waals surface area (Å²) in [6.45, 7) is 6.61. The van der Waals surface area contributed by atoms with Crippen LogP contribution in [0.2, 0.25) is 0 Å². The highest BCUT2D eigenvalue weighted by atomic mass is 16.6. The Kier molecular flexibility index (Phi) is 3.49. The molecule has 7 atom stereocenters. The van der Waals surface area contributed by atoms with E-state index in [1.165, 1.54) is 0 Å². The third-order valence-corrected chi connectivity index (χ3v) is 8.66. The highest BCUT2D eigenvalue weighted by Gasteiger charge is 2.66. The molecule has 3 aliphatic carbocycles. The molecule has 136 valence electrons. The van der Waals surface area contributed by atoms with Gasteiger partial charge in [0.1, 0.15) is 5.60 Å². The second-order valence-electron chi connectivity index (χ2n) is 10.0. The average molecular weight is 336 g/mol. The quantitative estimate of drug-likeness (QED) is 0.722. The van der Waals surface area contributed by atoms with E-state index in [-0.39, 0.29) is 29.0 Å². The van der Waals surface area contributed by atoms with Crippen molar-refractivity contribution in [2.75, 3.05) is 6.61 Å². The number of fused-ring (bicyclic) bond motifs is 3. The number of esters is 1. The summed E-state index contributed by atoms with van der Waals surface area (Å²) < 4.78 is 5.72. The van der Waals surface area contributed by atoms with Crippen molar-refractivity contribution in [2.24, 2.45) is 28.1 Å². The predicted molar refractivity (Wildman–Crippen MR) is 90.2 cm³/mol. The Morgan fingerprint density at radius 3 is 2.50 bits per heavy atom. The van der Waals surface area contributed by atoms with Crippen LogP contribution in [0.5, 0.6) is 0 Å². The van der Waals surface area contributed by atoms with Gasteiger partial charge in [-0.15, -0.1) is 0 Å². The molecule has 4 rings (SSSR count). The van der Waals surface area contributed by atoms with Crippen molar-refractivity contribution >= 4 is 5.97 Å². The number of hydrogen-bond acceptors (Lipinski definition) is 4. The van der Waals surface area contributed by atoms with Crippen LogP contribution >= 0.6 is 0 Å². The Morgan fingerprint density at radius 2 is 1.79 bits per heavy atom. The van der Waals surface area contributed by atoms with Gasteiger partial charge in [0.25, 0.3) is 0 Å². The number of rotatable bonds is 1. The molecule has 0 amide bonds. The van der Waals surface area contributed by atoms with E-state index in [0.717, 1.165) is 44.9 Å². The Hall–Kier alpha value is -0.610. The van der Waals surface area contributed by atoms with Crippen LogP contribution in [0.15, 0.2) is 0 Å². The third kappa shape index (κ3) is 2.02. The molecule has 4 fully saturated rings. The predicted octanol–water partition coefficient (Wildman–Crippen LogP) is 3.05. The summed E-state index contributed by atoms with van der Waals surface area (Å²) in [7, 11) is 0. The minimum Gasteiger partial charge on any atom is -0.459 e. The lowest BCUT2D eigenvalue weighted by Crippen LogP contribution is -2.65. The van der Waals surface area contributed by atoms with Crippen LogP contribution in [0.4, 0.5) is 0 Å².